The number of hydrogen-bond donors (Lipinski definition) is 2. The third kappa shape index (κ3) is 2.22. The van der Waals surface area contributed by atoms with Gasteiger partial charge in [-0.2, -0.15) is 5.10 Å². The molecule has 5 rings (SSSR count). The lowest BCUT2D eigenvalue weighted by atomic mass is 10.1. The second kappa shape index (κ2) is 5.31. The lowest BCUT2D eigenvalue weighted by molar-refractivity contribution is 0.102. The summed E-state index contributed by atoms with van der Waals surface area (Å²) in [4.78, 5) is 12.6. The van der Waals surface area contributed by atoms with Crippen LogP contribution in [0, 0.1) is 0 Å². The number of hydrogen-bond acceptors (Lipinski definition) is 2. The molecule has 2 N–H and O–H groups in total. The summed E-state index contributed by atoms with van der Waals surface area (Å²) in [5.74, 6) is -0.201. The number of carbonyl (C=O) groups excluding carboxylic acids is 1. The molecule has 0 saturated heterocycles. The van der Waals surface area contributed by atoms with Gasteiger partial charge in [-0.25, -0.2) is 0 Å². The molecule has 120 valence electrons. The van der Waals surface area contributed by atoms with E-state index in [1.54, 1.807) is 0 Å². The van der Waals surface area contributed by atoms with Gasteiger partial charge in [-0.05, 0) is 46.9 Å². The van der Waals surface area contributed by atoms with Gasteiger partial charge in [0.2, 0.25) is 0 Å². The van der Waals surface area contributed by atoms with Crippen LogP contribution in [0.25, 0.3) is 22.0 Å². The topological polar surface area (TPSA) is 57.8 Å². The van der Waals surface area contributed by atoms with Gasteiger partial charge < -0.3 is 5.32 Å². The second-order valence-electron chi connectivity index (χ2n) is 6.28. The summed E-state index contributed by atoms with van der Waals surface area (Å²) < 4.78 is 0. The van der Waals surface area contributed by atoms with E-state index in [-0.39, 0.29) is 5.91 Å². The van der Waals surface area contributed by atoms with Crippen molar-refractivity contribution in [2.45, 2.75) is 6.42 Å². The largest absolute Gasteiger partial charge is 0.321 e. The number of rotatable bonds is 2. The second-order valence-corrected chi connectivity index (χ2v) is 6.28. The zero-order chi connectivity index (χ0) is 16.8. The van der Waals surface area contributed by atoms with Gasteiger partial charge in [0.15, 0.2) is 5.69 Å². The van der Waals surface area contributed by atoms with Crippen LogP contribution in [0.5, 0.6) is 0 Å². The van der Waals surface area contributed by atoms with Crippen LogP contribution in [0.15, 0.2) is 66.7 Å². The third-order valence-electron chi connectivity index (χ3n) is 4.74. The molecule has 0 unspecified atom stereocenters. The van der Waals surface area contributed by atoms with Crippen LogP contribution < -0.4 is 5.32 Å². The van der Waals surface area contributed by atoms with Crippen LogP contribution in [-0.4, -0.2) is 16.1 Å². The number of H-pyrrole nitrogens is 1. The molecule has 0 bridgehead atoms. The first kappa shape index (κ1) is 14.0. The average Bonchev–Trinajstić information content (AvgIpc) is 3.22. The summed E-state index contributed by atoms with van der Waals surface area (Å²) in [6.07, 6.45) is 0.903. The van der Waals surface area contributed by atoms with Gasteiger partial charge in [0.05, 0.1) is 5.52 Å². The molecule has 1 amide bonds. The van der Waals surface area contributed by atoms with E-state index < -0.39 is 0 Å². The van der Waals surface area contributed by atoms with Crippen LogP contribution in [0.1, 0.15) is 21.6 Å². The number of carbonyl (C=O) groups is 1. The molecule has 4 nitrogen and oxygen atoms in total. The molecule has 0 radical (unpaired) electrons. The minimum absolute atomic E-state index is 0.201. The highest BCUT2D eigenvalue weighted by Crippen LogP contribution is 2.37. The van der Waals surface area contributed by atoms with E-state index in [2.05, 4.69) is 51.9 Å². The molecule has 1 aliphatic carbocycles. The molecule has 4 heteroatoms. The van der Waals surface area contributed by atoms with Crippen LogP contribution in [0.2, 0.25) is 0 Å². The number of anilines is 1. The first-order valence-corrected chi connectivity index (χ1v) is 8.25. The highest BCUT2D eigenvalue weighted by Gasteiger charge is 2.19. The standard InChI is InChI=1S/C21H15N3O/c25-21(20-18-7-3-4-8-19(18)23-24-20)22-15-9-10-17-14(12-15)11-13-5-1-2-6-16(13)17/h1-10,12H,11H2,(H,22,25)(H,23,24). The Morgan fingerprint density at radius 3 is 2.68 bits per heavy atom. The Morgan fingerprint density at radius 2 is 1.72 bits per heavy atom. The molecular formula is C21H15N3O. The Labute approximate surface area is 144 Å². The molecule has 0 spiro atoms. The first-order valence-electron chi connectivity index (χ1n) is 8.25. The van der Waals surface area contributed by atoms with Crippen molar-refractivity contribution in [3.8, 4) is 11.1 Å². The molecule has 0 saturated carbocycles. The van der Waals surface area contributed by atoms with Gasteiger partial charge in [-0.15, -0.1) is 0 Å². The van der Waals surface area contributed by atoms with Crippen molar-refractivity contribution < 1.29 is 4.79 Å². The summed E-state index contributed by atoms with van der Waals surface area (Å²) in [5, 5.41) is 10.9. The molecule has 0 aliphatic heterocycles. The van der Waals surface area contributed by atoms with Gasteiger partial charge in [-0.1, -0.05) is 48.5 Å². The van der Waals surface area contributed by atoms with E-state index in [0.29, 0.717) is 5.69 Å². The normalized spacial score (nSPS) is 12.0. The fourth-order valence-electron chi connectivity index (χ4n) is 3.55. The number of benzene rings is 3. The number of amides is 1. The first-order chi connectivity index (χ1) is 12.3. The fraction of sp³-hybridized carbons (Fsp3) is 0.0476. The summed E-state index contributed by atoms with van der Waals surface area (Å²) in [6, 6.07) is 22.1. The quantitative estimate of drug-likeness (QED) is 0.506. The molecule has 0 atom stereocenters. The minimum atomic E-state index is -0.201. The summed E-state index contributed by atoms with van der Waals surface area (Å²) in [6.45, 7) is 0. The molecule has 25 heavy (non-hydrogen) atoms. The molecule has 3 aromatic carbocycles. The van der Waals surface area contributed by atoms with Crippen LogP contribution in [-0.2, 0) is 6.42 Å². The highest BCUT2D eigenvalue weighted by atomic mass is 16.1. The zero-order valence-corrected chi connectivity index (χ0v) is 13.4. The molecule has 1 heterocycles. The molecule has 1 aromatic heterocycles. The number of fused-ring (bicyclic) bond motifs is 4. The number of aromatic nitrogens is 2. The van der Waals surface area contributed by atoms with Crippen molar-refractivity contribution in [3.63, 3.8) is 0 Å². The van der Waals surface area contributed by atoms with Gasteiger partial charge in [0.1, 0.15) is 0 Å². The van der Waals surface area contributed by atoms with Crippen LogP contribution in [0.4, 0.5) is 5.69 Å². The smallest absolute Gasteiger partial charge is 0.276 e. The molecule has 0 fully saturated rings. The van der Waals surface area contributed by atoms with Crippen molar-refractivity contribution in [2.24, 2.45) is 0 Å². The fourth-order valence-corrected chi connectivity index (χ4v) is 3.55. The Kier molecular flexibility index (Phi) is 2.97. The summed E-state index contributed by atoms with van der Waals surface area (Å²) in [5.41, 5.74) is 7.18. The van der Waals surface area contributed by atoms with E-state index in [1.165, 1.54) is 22.3 Å². The Balaban J connectivity index is 1.46. The van der Waals surface area contributed by atoms with E-state index in [1.807, 2.05) is 30.3 Å². The van der Waals surface area contributed by atoms with Crippen molar-refractivity contribution in [2.75, 3.05) is 5.32 Å². The minimum Gasteiger partial charge on any atom is -0.321 e. The van der Waals surface area contributed by atoms with Gasteiger partial charge >= 0.3 is 0 Å². The van der Waals surface area contributed by atoms with E-state index in [0.717, 1.165) is 23.0 Å². The van der Waals surface area contributed by atoms with Crippen molar-refractivity contribution in [1.82, 2.24) is 10.2 Å². The monoisotopic (exact) mass is 325 g/mol. The average molecular weight is 325 g/mol. The van der Waals surface area contributed by atoms with Gasteiger partial charge in [0.25, 0.3) is 5.91 Å². The molecule has 4 aromatic rings. The number of para-hydroxylation sites is 1. The lowest BCUT2D eigenvalue weighted by Gasteiger charge is -2.07. The zero-order valence-electron chi connectivity index (χ0n) is 13.4. The highest BCUT2D eigenvalue weighted by molar-refractivity contribution is 6.11. The maximum Gasteiger partial charge on any atom is 0.276 e. The number of nitrogens with zero attached hydrogens (tertiary/aromatic N) is 1. The van der Waals surface area contributed by atoms with Gasteiger partial charge in [0, 0.05) is 11.1 Å². The third-order valence-corrected chi connectivity index (χ3v) is 4.74. The predicted octanol–water partition coefficient (Wildman–Crippen LogP) is 4.39. The SMILES string of the molecule is O=C(Nc1ccc2c(c1)Cc1ccccc1-2)c1n[nH]c2ccccc12. The lowest BCUT2D eigenvalue weighted by Crippen LogP contribution is -2.13. The van der Waals surface area contributed by atoms with Crippen molar-refractivity contribution in [3.05, 3.63) is 83.6 Å². The van der Waals surface area contributed by atoms with E-state index in [9.17, 15) is 4.79 Å². The van der Waals surface area contributed by atoms with Crippen LogP contribution >= 0.6 is 0 Å². The maximum absolute atomic E-state index is 12.6. The maximum atomic E-state index is 12.6. The Hall–Kier alpha value is -3.40. The van der Waals surface area contributed by atoms with Crippen molar-refractivity contribution >= 4 is 22.5 Å². The van der Waals surface area contributed by atoms with Crippen LogP contribution in [0.3, 0.4) is 0 Å². The Bertz CT molecular complexity index is 1130. The molecular weight excluding hydrogens is 310 g/mol. The van der Waals surface area contributed by atoms with Gasteiger partial charge in [-0.3, -0.25) is 9.89 Å². The number of aromatic amines is 1. The number of nitrogens with one attached hydrogen (secondary N) is 2. The summed E-state index contributed by atoms with van der Waals surface area (Å²) in [7, 11) is 0. The van der Waals surface area contributed by atoms with E-state index in [4.69, 9.17) is 0 Å². The molecule has 1 aliphatic rings. The van der Waals surface area contributed by atoms with E-state index >= 15 is 0 Å². The predicted molar refractivity (Wildman–Crippen MR) is 98.7 cm³/mol. The van der Waals surface area contributed by atoms with Crippen molar-refractivity contribution in [1.29, 1.82) is 0 Å². The Morgan fingerprint density at radius 1 is 0.920 bits per heavy atom. The summed E-state index contributed by atoms with van der Waals surface area (Å²) >= 11 is 0.